The molecule has 5 nitrogen and oxygen atoms in total. The lowest BCUT2D eigenvalue weighted by Gasteiger charge is -2.31. The van der Waals surface area contributed by atoms with Crippen molar-refractivity contribution in [2.24, 2.45) is 0 Å². The van der Waals surface area contributed by atoms with Gasteiger partial charge in [-0.05, 0) is 60.2 Å². The minimum Gasteiger partial charge on any atom is -0.365 e. The summed E-state index contributed by atoms with van der Waals surface area (Å²) in [6, 6.07) is 14.1. The number of nitrogens with one attached hydrogen (secondary N) is 3. The Morgan fingerprint density at radius 2 is 1.94 bits per heavy atom. The number of rotatable bonds is 4. The Hall–Kier alpha value is -3.23. The van der Waals surface area contributed by atoms with E-state index in [1.165, 1.54) is 24.3 Å². The van der Waals surface area contributed by atoms with E-state index in [2.05, 4.69) is 20.5 Å². The second kappa shape index (κ2) is 8.96. The van der Waals surface area contributed by atoms with Crippen LogP contribution in [0.25, 0.3) is 10.9 Å². The number of hydrogen-bond donors (Lipinski definition) is 3. The van der Waals surface area contributed by atoms with Crippen molar-refractivity contribution in [3.8, 4) is 0 Å². The summed E-state index contributed by atoms with van der Waals surface area (Å²) in [5, 5.41) is 6.55. The highest BCUT2D eigenvalue weighted by molar-refractivity contribution is 7.99. The molecule has 0 bridgehead atoms. The third kappa shape index (κ3) is 4.77. The molecule has 3 N–H and O–H groups in total. The van der Waals surface area contributed by atoms with E-state index < -0.39 is 6.03 Å². The smallest absolute Gasteiger partial charge is 0.323 e. The summed E-state index contributed by atoms with van der Waals surface area (Å²) in [7, 11) is 0. The largest absolute Gasteiger partial charge is 0.365 e. The number of anilines is 3. The van der Waals surface area contributed by atoms with Crippen LogP contribution in [0.15, 0.2) is 65.7 Å². The lowest BCUT2D eigenvalue weighted by atomic mass is 10.1. The topological polar surface area (TPSA) is 60.2 Å². The van der Waals surface area contributed by atoms with Crippen molar-refractivity contribution in [1.82, 2.24) is 4.98 Å². The third-order valence-corrected chi connectivity index (χ3v) is 6.63. The summed E-state index contributed by atoms with van der Waals surface area (Å²) in [6.07, 6.45) is 1.62. The maximum absolute atomic E-state index is 13.8. The fourth-order valence-corrected chi connectivity index (χ4v) is 5.19. The molecule has 0 radical (unpaired) electrons. The van der Waals surface area contributed by atoms with Gasteiger partial charge in [-0.25, -0.2) is 13.6 Å². The Kier molecular flexibility index (Phi) is 5.86. The Morgan fingerprint density at radius 3 is 2.79 bits per heavy atom. The molecule has 33 heavy (non-hydrogen) atoms. The molecular formula is C24H19ClF2N4OS. The Balaban J connectivity index is 1.34. The number of carbonyl (C=O) groups excluding carboxylic acids is 1. The fraction of sp³-hybridized carbons (Fsp3) is 0.125. The average Bonchev–Trinajstić information content (AvgIpc) is 3.15. The molecular weight excluding hydrogens is 466 g/mol. The standard InChI is InChI=1S/C24H19ClF2N4OS/c25-15-7-14(8-17(27)9-15)13-31-5-6-33-23-4-2-18(11-22(23)31)29-24(32)30-21-12-28-20-3-1-16(26)10-19(20)21/h1-4,7-12,28H,5-6,13H2,(H2,29,30,32). The molecule has 5 rings (SSSR count). The van der Waals surface area contributed by atoms with Crippen molar-refractivity contribution in [3.05, 3.63) is 83.0 Å². The molecule has 0 atom stereocenters. The number of nitrogens with zero attached hydrogens (tertiary/aromatic N) is 1. The van der Waals surface area contributed by atoms with Gasteiger partial charge in [0, 0.05) is 51.5 Å². The van der Waals surface area contributed by atoms with E-state index in [4.69, 9.17) is 11.6 Å². The Labute approximate surface area is 198 Å². The van der Waals surface area contributed by atoms with Crippen molar-refractivity contribution < 1.29 is 13.6 Å². The van der Waals surface area contributed by atoms with Crippen LogP contribution in [0.4, 0.5) is 30.6 Å². The van der Waals surface area contributed by atoms with Gasteiger partial charge >= 0.3 is 6.03 Å². The number of benzene rings is 3. The number of amides is 2. The van der Waals surface area contributed by atoms with Crippen molar-refractivity contribution in [2.75, 3.05) is 27.8 Å². The third-order valence-electron chi connectivity index (χ3n) is 5.36. The molecule has 3 aromatic carbocycles. The number of carbonyl (C=O) groups is 1. The zero-order valence-electron chi connectivity index (χ0n) is 17.3. The molecule has 9 heteroatoms. The molecule has 168 valence electrons. The van der Waals surface area contributed by atoms with Gasteiger partial charge in [-0.3, -0.25) is 0 Å². The van der Waals surface area contributed by atoms with E-state index in [1.54, 1.807) is 30.1 Å². The molecule has 2 heterocycles. The van der Waals surface area contributed by atoms with E-state index in [0.29, 0.717) is 28.3 Å². The van der Waals surface area contributed by atoms with Crippen LogP contribution in [0.5, 0.6) is 0 Å². The van der Waals surface area contributed by atoms with Gasteiger partial charge < -0.3 is 20.5 Å². The summed E-state index contributed by atoms with van der Waals surface area (Å²) < 4.78 is 27.4. The highest BCUT2D eigenvalue weighted by atomic mass is 35.5. The molecule has 0 unspecified atom stereocenters. The molecule has 0 saturated carbocycles. The number of halogens is 3. The van der Waals surface area contributed by atoms with Gasteiger partial charge in [-0.1, -0.05) is 11.6 Å². The Bertz CT molecular complexity index is 1340. The molecule has 4 aromatic rings. The van der Waals surface area contributed by atoms with Gasteiger partial charge in [-0.15, -0.1) is 11.8 Å². The predicted molar refractivity (Wildman–Crippen MR) is 131 cm³/mol. The van der Waals surface area contributed by atoms with Crippen molar-refractivity contribution >= 4 is 57.4 Å². The van der Waals surface area contributed by atoms with Crippen LogP contribution in [0.1, 0.15) is 5.56 Å². The number of H-pyrrole nitrogens is 1. The van der Waals surface area contributed by atoms with Crippen LogP contribution in [0.2, 0.25) is 5.02 Å². The lowest BCUT2D eigenvalue weighted by Crippen LogP contribution is -2.29. The van der Waals surface area contributed by atoms with Gasteiger partial charge in [0.2, 0.25) is 0 Å². The maximum atomic E-state index is 13.8. The summed E-state index contributed by atoms with van der Waals surface area (Å²) in [5.74, 6) is 0.159. The maximum Gasteiger partial charge on any atom is 0.323 e. The highest BCUT2D eigenvalue weighted by Crippen LogP contribution is 2.37. The first-order chi connectivity index (χ1) is 15.9. The SMILES string of the molecule is O=C(Nc1ccc2c(c1)N(Cc1cc(F)cc(Cl)c1)CCS2)Nc1c[nH]c2ccc(F)cc12. The summed E-state index contributed by atoms with van der Waals surface area (Å²) in [4.78, 5) is 18.9. The minimum absolute atomic E-state index is 0.362. The first kappa shape index (κ1) is 21.6. The van der Waals surface area contributed by atoms with Gasteiger partial charge in [0.25, 0.3) is 0 Å². The van der Waals surface area contributed by atoms with Gasteiger partial charge in [0.15, 0.2) is 0 Å². The predicted octanol–water partition coefficient (Wildman–Crippen LogP) is 6.86. The average molecular weight is 485 g/mol. The second-order valence-electron chi connectivity index (χ2n) is 7.70. The van der Waals surface area contributed by atoms with Crippen molar-refractivity contribution in [3.63, 3.8) is 0 Å². The van der Waals surface area contributed by atoms with Crippen molar-refractivity contribution in [1.29, 1.82) is 0 Å². The second-order valence-corrected chi connectivity index (χ2v) is 9.27. The molecule has 0 spiro atoms. The molecule has 0 saturated heterocycles. The number of thioether (sulfide) groups is 1. The molecule has 1 aliphatic rings. The van der Waals surface area contributed by atoms with E-state index in [9.17, 15) is 13.6 Å². The Morgan fingerprint density at radius 1 is 1.06 bits per heavy atom. The molecule has 2 amide bonds. The molecule has 1 aliphatic heterocycles. The van der Waals surface area contributed by atoms with E-state index in [1.807, 2.05) is 18.2 Å². The van der Waals surface area contributed by atoms with Crippen LogP contribution in [-0.4, -0.2) is 23.3 Å². The zero-order chi connectivity index (χ0) is 22.9. The highest BCUT2D eigenvalue weighted by Gasteiger charge is 2.19. The molecule has 0 fully saturated rings. The number of aromatic nitrogens is 1. The first-order valence-corrected chi connectivity index (χ1v) is 11.6. The quantitative estimate of drug-likeness (QED) is 0.296. The van der Waals surface area contributed by atoms with E-state index in [0.717, 1.165) is 34.0 Å². The first-order valence-electron chi connectivity index (χ1n) is 10.3. The lowest BCUT2D eigenvalue weighted by molar-refractivity contribution is 0.262. The summed E-state index contributed by atoms with van der Waals surface area (Å²) >= 11 is 7.75. The van der Waals surface area contributed by atoms with E-state index >= 15 is 0 Å². The van der Waals surface area contributed by atoms with E-state index in [-0.39, 0.29) is 11.6 Å². The van der Waals surface area contributed by atoms with Crippen LogP contribution in [0.3, 0.4) is 0 Å². The van der Waals surface area contributed by atoms with Gasteiger partial charge in [-0.2, -0.15) is 0 Å². The number of hydrogen-bond acceptors (Lipinski definition) is 3. The minimum atomic E-state index is -0.438. The van der Waals surface area contributed by atoms with Crippen molar-refractivity contribution in [2.45, 2.75) is 11.4 Å². The van der Waals surface area contributed by atoms with Crippen LogP contribution in [0, 0.1) is 11.6 Å². The van der Waals surface area contributed by atoms with Gasteiger partial charge in [0.1, 0.15) is 11.6 Å². The number of urea groups is 1. The molecule has 1 aromatic heterocycles. The van der Waals surface area contributed by atoms with Crippen LogP contribution >= 0.6 is 23.4 Å². The van der Waals surface area contributed by atoms with Crippen LogP contribution in [-0.2, 0) is 6.54 Å². The number of fused-ring (bicyclic) bond motifs is 2. The summed E-state index contributed by atoms with van der Waals surface area (Å²) in [6.45, 7) is 1.28. The van der Waals surface area contributed by atoms with Crippen LogP contribution < -0.4 is 15.5 Å². The number of aromatic amines is 1. The zero-order valence-corrected chi connectivity index (χ0v) is 18.9. The van der Waals surface area contributed by atoms with Gasteiger partial charge in [0.05, 0.1) is 11.4 Å². The monoisotopic (exact) mass is 484 g/mol. The fourth-order valence-electron chi connectivity index (χ4n) is 3.92. The molecule has 0 aliphatic carbocycles. The normalized spacial score (nSPS) is 13.1. The summed E-state index contributed by atoms with van der Waals surface area (Å²) in [5.41, 5.74) is 3.56.